The number of amidine groups is 1. The highest BCUT2D eigenvalue weighted by atomic mass is 16.6. The second-order valence-electron chi connectivity index (χ2n) is 3.62. The van der Waals surface area contributed by atoms with E-state index in [1.807, 2.05) is 0 Å². The summed E-state index contributed by atoms with van der Waals surface area (Å²) < 4.78 is 5.03. The van der Waals surface area contributed by atoms with Crippen LogP contribution in [0.2, 0.25) is 0 Å². The highest BCUT2D eigenvalue weighted by Gasteiger charge is 2.21. The molecule has 0 aliphatic heterocycles. The minimum absolute atomic E-state index is 0.0873. The first-order valence-electron chi connectivity index (χ1n) is 3.98. The third kappa shape index (κ3) is 4.30. The lowest BCUT2D eigenvalue weighted by Gasteiger charge is -2.24. The lowest BCUT2D eigenvalue weighted by atomic mass is 10.2. The van der Waals surface area contributed by atoms with Crippen molar-refractivity contribution >= 4 is 11.9 Å². The average molecular weight is 184 g/mol. The molecule has 0 heterocycles. The van der Waals surface area contributed by atoms with E-state index in [0.29, 0.717) is 0 Å². The van der Waals surface area contributed by atoms with Crippen LogP contribution in [0.15, 0.2) is 12.8 Å². The molecule has 1 N–H and O–H groups in total. The van der Waals surface area contributed by atoms with Crippen molar-refractivity contribution in [3.63, 3.8) is 0 Å². The van der Waals surface area contributed by atoms with Crippen molar-refractivity contribution in [3.8, 4) is 0 Å². The molecule has 0 saturated heterocycles. The Balaban J connectivity index is 4.41. The number of amides is 1. The summed E-state index contributed by atoms with van der Waals surface area (Å²) in [6, 6.07) is 0. The Hall–Kier alpha value is -1.32. The molecule has 0 bridgehead atoms. The van der Waals surface area contributed by atoms with Crippen LogP contribution in [-0.4, -0.2) is 22.4 Å². The van der Waals surface area contributed by atoms with Crippen LogP contribution in [0, 0.1) is 5.41 Å². The third-order valence-electron chi connectivity index (χ3n) is 1.13. The molecule has 0 aromatic carbocycles. The number of rotatable bonds is 1. The summed E-state index contributed by atoms with van der Waals surface area (Å²) in [7, 11) is 0. The van der Waals surface area contributed by atoms with E-state index in [1.165, 1.54) is 13.1 Å². The topological polar surface area (TPSA) is 53.4 Å². The van der Waals surface area contributed by atoms with E-state index in [-0.39, 0.29) is 5.84 Å². The van der Waals surface area contributed by atoms with Gasteiger partial charge in [0, 0.05) is 6.20 Å². The maximum Gasteiger partial charge on any atom is 0.419 e. The molecule has 0 rings (SSSR count). The summed E-state index contributed by atoms with van der Waals surface area (Å²) in [6.45, 7) is 10.2. The van der Waals surface area contributed by atoms with Crippen molar-refractivity contribution in [3.05, 3.63) is 12.8 Å². The average Bonchev–Trinajstić information content (AvgIpc) is 1.82. The SMILES string of the molecule is C=CN(C(C)=N)C(=O)OC(C)(C)C. The Kier molecular flexibility index (Phi) is 3.66. The van der Waals surface area contributed by atoms with Gasteiger partial charge in [0.2, 0.25) is 0 Å². The van der Waals surface area contributed by atoms with E-state index >= 15 is 0 Å². The van der Waals surface area contributed by atoms with Crippen molar-refractivity contribution in [1.82, 2.24) is 4.90 Å². The Morgan fingerprint density at radius 1 is 1.54 bits per heavy atom. The molecule has 0 saturated carbocycles. The number of carbonyl (C=O) groups is 1. The first-order chi connectivity index (χ1) is 5.78. The normalized spacial score (nSPS) is 10.5. The van der Waals surface area contributed by atoms with Crippen LogP contribution in [0.1, 0.15) is 27.7 Å². The molecule has 1 amide bonds. The molecule has 0 aromatic heterocycles. The van der Waals surface area contributed by atoms with E-state index in [4.69, 9.17) is 10.1 Å². The van der Waals surface area contributed by atoms with Crippen molar-refractivity contribution < 1.29 is 9.53 Å². The first-order valence-corrected chi connectivity index (χ1v) is 3.98. The predicted molar refractivity (Wildman–Crippen MR) is 51.7 cm³/mol. The van der Waals surface area contributed by atoms with Gasteiger partial charge in [0.15, 0.2) is 0 Å². The summed E-state index contributed by atoms with van der Waals surface area (Å²) in [6.07, 6.45) is 0.686. The Morgan fingerprint density at radius 3 is 2.23 bits per heavy atom. The standard InChI is InChI=1S/C9H16N2O2/c1-6-11(7(2)10)8(12)13-9(3,4)5/h6,10H,1H2,2-5H3. The molecular formula is C9H16N2O2. The minimum atomic E-state index is -0.574. The number of nitrogens with zero attached hydrogens (tertiary/aromatic N) is 1. The number of ether oxygens (including phenoxy) is 1. The van der Waals surface area contributed by atoms with Crippen molar-refractivity contribution in [2.45, 2.75) is 33.3 Å². The van der Waals surface area contributed by atoms with Gasteiger partial charge in [-0.3, -0.25) is 5.41 Å². The molecule has 0 atom stereocenters. The minimum Gasteiger partial charge on any atom is -0.443 e. The smallest absolute Gasteiger partial charge is 0.419 e. The van der Waals surface area contributed by atoms with E-state index < -0.39 is 11.7 Å². The summed E-state index contributed by atoms with van der Waals surface area (Å²) in [5.74, 6) is 0.0873. The third-order valence-corrected chi connectivity index (χ3v) is 1.13. The lowest BCUT2D eigenvalue weighted by molar-refractivity contribution is 0.0425. The second-order valence-corrected chi connectivity index (χ2v) is 3.62. The molecule has 0 aromatic rings. The van der Waals surface area contributed by atoms with Crippen LogP contribution in [0.25, 0.3) is 0 Å². The van der Waals surface area contributed by atoms with E-state index in [0.717, 1.165) is 4.90 Å². The molecule has 0 radical (unpaired) electrons. The largest absolute Gasteiger partial charge is 0.443 e. The molecule has 4 heteroatoms. The number of hydrogen-bond acceptors (Lipinski definition) is 3. The quantitative estimate of drug-likeness (QED) is 0.502. The van der Waals surface area contributed by atoms with Gasteiger partial charge < -0.3 is 4.74 Å². The maximum atomic E-state index is 11.3. The fraction of sp³-hybridized carbons (Fsp3) is 0.556. The zero-order valence-electron chi connectivity index (χ0n) is 8.55. The van der Waals surface area contributed by atoms with Crippen LogP contribution >= 0.6 is 0 Å². The summed E-state index contributed by atoms with van der Waals surface area (Å²) in [4.78, 5) is 12.4. The fourth-order valence-corrected chi connectivity index (χ4v) is 0.660. The first kappa shape index (κ1) is 11.7. The zero-order valence-corrected chi connectivity index (χ0v) is 8.55. The zero-order chi connectivity index (χ0) is 10.6. The molecule has 0 fully saturated rings. The van der Waals surface area contributed by atoms with Crippen LogP contribution in [-0.2, 0) is 4.74 Å². The van der Waals surface area contributed by atoms with Crippen LogP contribution in [0.5, 0.6) is 0 Å². The highest BCUT2D eigenvalue weighted by Crippen LogP contribution is 2.10. The van der Waals surface area contributed by atoms with Crippen LogP contribution < -0.4 is 0 Å². The van der Waals surface area contributed by atoms with E-state index in [9.17, 15) is 4.79 Å². The van der Waals surface area contributed by atoms with Gasteiger partial charge >= 0.3 is 6.09 Å². The summed E-state index contributed by atoms with van der Waals surface area (Å²) in [5.41, 5.74) is -0.548. The second kappa shape index (κ2) is 4.07. The van der Waals surface area contributed by atoms with Gasteiger partial charge in [-0.2, -0.15) is 0 Å². The van der Waals surface area contributed by atoms with Crippen molar-refractivity contribution in [2.24, 2.45) is 0 Å². The molecule has 13 heavy (non-hydrogen) atoms. The predicted octanol–water partition coefficient (Wildman–Crippen LogP) is 2.36. The maximum absolute atomic E-state index is 11.3. The van der Waals surface area contributed by atoms with Crippen molar-refractivity contribution in [1.29, 1.82) is 5.41 Å². The number of carbonyl (C=O) groups excluding carboxylic acids is 1. The van der Waals surface area contributed by atoms with Gasteiger partial charge in [0.05, 0.1) is 0 Å². The van der Waals surface area contributed by atoms with Gasteiger partial charge in [-0.15, -0.1) is 0 Å². The van der Waals surface area contributed by atoms with Crippen LogP contribution in [0.4, 0.5) is 4.79 Å². The molecule has 0 spiro atoms. The molecule has 74 valence electrons. The molecule has 0 unspecified atom stereocenters. The van der Waals surface area contributed by atoms with Gasteiger partial charge in [-0.1, -0.05) is 6.58 Å². The Labute approximate surface area is 78.7 Å². The Morgan fingerprint density at radius 2 is 2.00 bits per heavy atom. The molecule has 0 aliphatic carbocycles. The molecule has 4 nitrogen and oxygen atoms in total. The highest BCUT2D eigenvalue weighted by molar-refractivity contribution is 5.93. The van der Waals surface area contributed by atoms with E-state index in [1.54, 1.807) is 20.8 Å². The Bertz CT molecular complexity index is 228. The van der Waals surface area contributed by atoms with Gasteiger partial charge in [0.25, 0.3) is 0 Å². The van der Waals surface area contributed by atoms with E-state index in [2.05, 4.69) is 6.58 Å². The summed E-state index contributed by atoms with van der Waals surface area (Å²) in [5, 5.41) is 7.24. The lowest BCUT2D eigenvalue weighted by Crippen LogP contribution is -2.35. The monoisotopic (exact) mass is 184 g/mol. The molecule has 0 aliphatic rings. The number of hydrogen-bond donors (Lipinski definition) is 1. The van der Waals surface area contributed by atoms with Gasteiger partial charge in [-0.25, -0.2) is 9.69 Å². The van der Waals surface area contributed by atoms with Gasteiger partial charge in [0.1, 0.15) is 11.4 Å². The van der Waals surface area contributed by atoms with Crippen LogP contribution in [0.3, 0.4) is 0 Å². The van der Waals surface area contributed by atoms with Crippen molar-refractivity contribution in [2.75, 3.05) is 0 Å². The summed E-state index contributed by atoms with van der Waals surface area (Å²) >= 11 is 0. The van der Waals surface area contributed by atoms with Gasteiger partial charge in [-0.05, 0) is 27.7 Å². The fourth-order valence-electron chi connectivity index (χ4n) is 0.660. The molecular weight excluding hydrogens is 168 g/mol. The number of nitrogens with one attached hydrogen (secondary N) is 1.